The van der Waals surface area contributed by atoms with E-state index in [0.29, 0.717) is 5.92 Å². The highest BCUT2D eigenvalue weighted by atomic mass is 15.4. The Morgan fingerprint density at radius 3 is 3.00 bits per heavy atom. The fourth-order valence-electron chi connectivity index (χ4n) is 2.17. The first kappa shape index (κ1) is 9.59. The van der Waals surface area contributed by atoms with Crippen LogP contribution in [0.25, 0.3) is 5.65 Å². The second-order valence-corrected chi connectivity index (χ2v) is 4.43. The number of pyridine rings is 1. The van der Waals surface area contributed by atoms with Crippen molar-refractivity contribution in [2.45, 2.75) is 6.92 Å². The lowest BCUT2D eigenvalue weighted by Crippen LogP contribution is -2.50. The van der Waals surface area contributed by atoms with Crippen molar-refractivity contribution in [3.8, 4) is 0 Å². The summed E-state index contributed by atoms with van der Waals surface area (Å²) in [5.41, 5.74) is 7.76. The number of rotatable bonds is 2. The summed E-state index contributed by atoms with van der Waals surface area (Å²) in [6, 6.07) is 4.19. The maximum Gasteiger partial charge on any atom is 0.157 e. The van der Waals surface area contributed by atoms with Crippen molar-refractivity contribution in [1.82, 2.24) is 14.6 Å². The first-order valence-corrected chi connectivity index (χ1v) is 5.53. The van der Waals surface area contributed by atoms with Crippen LogP contribution in [0.3, 0.4) is 0 Å². The molecule has 5 nitrogen and oxygen atoms in total. The smallest absolute Gasteiger partial charge is 0.157 e. The van der Waals surface area contributed by atoms with Crippen molar-refractivity contribution < 1.29 is 0 Å². The van der Waals surface area contributed by atoms with Crippen LogP contribution >= 0.6 is 0 Å². The van der Waals surface area contributed by atoms with Crippen molar-refractivity contribution in [3.63, 3.8) is 0 Å². The summed E-state index contributed by atoms with van der Waals surface area (Å²) in [4.78, 5) is 6.52. The Labute approximate surface area is 93.9 Å². The summed E-state index contributed by atoms with van der Waals surface area (Å²) in [6.07, 6.45) is 1.60. The van der Waals surface area contributed by atoms with Gasteiger partial charge >= 0.3 is 0 Å². The number of fused-ring (bicyclic) bond motifs is 1. The van der Waals surface area contributed by atoms with Crippen LogP contribution in [0.15, 0.2) is 18.5 Å². The van der Waals surface area contributed by atoms with Crippen molar-refractivity contribution in [3.05, 3.63) is 24.0 Å². The van der Waals surface area contributed by atoms with E-state index in [-0.39, 0.29) is 0 Å². The van der Waals surface area contributed by atoms with Crippen LogP contribution in [-0.4, -0.2) is 34.2 Å². The molecule has 1 aliphatic rings. The highest BCUT2D eigenvalue weighted by Gasteiger charge is 2.27. The summed E-state index contributed by atoms with van der Waals surface area (Å²) in [6.45, 7) is 4.89. The number of nitrogens with two attached hydrogens (primary N) is 1. The van der Waals surface area contributed by atoms with Gasteiger partial charge in [-0.3, -0.25) is 0 Å². The Morgan fingerprint density at radius 2 is 2.25 bits per heavy atom. The molecule has 0 bridgehead atoms. The summed E-state index contributed by atoms with van der Waals surface area (Å²) >= 11 is 0. The Bertz CT molecular complexity index is 512. The monoisotopic (exact) mass is 217 g/mol. The third-order valence-electron chi connectivity index (χ3n) is 3.12. The first-order valence-electron chi connectivity index (χ1n) is 5.53. The van der Waals surface area contributed by atoms with Crippen molar-refractivity contribution in [2.24, 2.45) is 11.7 Å². The molecule has 3 rings (SSSR count). The summed E-state index contributed by atoms with van der Waals surface area (Å²) in [7, 11) is 0. The molecule has 2 aromatic rings. The van der Waals surface area contributed by atoms with Crippen LogP contribution in [0.2, 0.25) is 0 Å². The highest BCUT2D eigenvalue weighted by molar-refractivity contribution is 5.54. The van der Waals surface area contributed by atoms with Crippen molar-refractivity contribution >= 4 is 11.5 Å². The molecule has 1 fully saturated rings. The molecular weight excluding hydrogens is 202 g/mol. The molecule has 1 aliphatic heterocycles. The molecule has 0 amide bonds. The maximum absolute atomic E-state index is 5.64. The van der Waals surface area contributed by atoms with Crippen LogP contribution in [0.5, 0.6) is 0 Å². The largest absolute Gasteiger partial charge is 0.356 e. The second-order valence-electron chi connectivity index (χ2n) is 4.43. The van der Waals surface area contributed by atoms with Gasteiger partial charge in [0.25, 0.3) is 0 Å². The van der Waals surface area contributed by atoms with Crippen LogP contribution in [0.1, 0.15) is 5.56 Å². The van der Waals surface area contributed by atoms with Crippen LogP contribution < -0.4 is 10.6 Å². The Hall–Kier alpha value is -1.62. The minimum absolute atomic E-state index is 0.624. The predicted molar refractivity (Wildman–Crippen MR) is 62.5 cm³/mol. The van der Waals surface area contributed by atoms with E-state index >= 15 is 0 Å². The molecule has 0 saturated carbocycles. The molecule has 2 N–H and O–H groups in total. The summed E-state index contributed by atoms with van der Waals surface area (Å²) in [5, 5.41) is 4.25. The molecule has 0 aromatic carbocycles. The fourth-order valence-corrected chi connectivity index (χ4v) is 2.17. The lowest BCUT2D eigenvalue weighted by molar-refractivity contribution is 0.414. The van der Waals surface area contributed by atoms with E-state index in [1.807, 2.05) is 10.6 Å². The number of anilines is 1. The predicted octanol–water partition coefficient (Wildman–Crippen LogP) is 0.433. The molecule has 5 heteroatoms. The molecule has 2 aromatic heterocycles. The van der Waals surface area contributed by atoms with E-state index in [1.165, 1.54) is 5.56 Å². The zero-order chi connectivity index (χ0) is 11.1. The van der Waals surface area contributed by atoms with Gasteiger partial charge in [-0.1, -0.05) is 0 Å². The molecular formula is C11H15N5. The lowest BCUT2D eigenvalue weighted by atomic mass is 10.0. The van der Waals surface area contributed by atoms with Crippen LogP contribution in [0.4, 0.5) is 5.82 Å². The zero-order valence-corrected chi connectivity index (χ0v) is 9.30. The lowest BCUT2D eigenvalue weighted by Gasteiger charge is -2.40. The number of hydrogen-bond donors (Lipinski definition) is 1. The molecule has 3 heterocycles. The van der Waals surface area contributed by atoms with Gasteiger partial charge in [-0.15, -0.1) is 0 Å². The fraction of sp³-hybridized carbons (Fsp3) is 0.455. The quantitative estimate of drug-likeness (QED) is 0.792. The minimum Gasteiger partial charge on any atom is -0.356 e. The van der Waals surface area contributed by atoms with Gasteiger partial charge in [-0.2, -0.15) is 9.61 Å². The van der Waals surface area contributed by atoms with E-state index < -0.39 is 0 Å². The number of aromatic nitrogens is 3. The van der Waals surface area contributed by atoms with Gasteiger partial charge in [0.2, 0.25) is 0 Å². The van der Waals surface area contributed by atoms with Crippen LogP contribution in [-0.2, 0) is 0 Å². The SMILES string of the molecule is Cc1cc(N2CC(CN)C2)n2ncnc2c1. The second kappa shape index (κ2) is 3.45. The normalized spacial score (nSPS) is 16.8. The zero-order valence-electron chi connectivity index (χ0n) is 9.30. The molecule has 1 saturated heterocycles. The Morgan fingerprint density at radius 1 is 1.44 bits per heavy atom. The standard InChI is InChI=1S/C11H15N5/c1-8-2-10-13-7-14-16(10)11(3-8)15-5-9(4-12)6-15/h2-3,7,9H,4-6,12H2,1H3. The van der Waals surface area contributed by atoms with E-state index in [1.54, 1.807) is 6.33 Å². The van der Waals surface area contributed by atoms with Gasteiger partial charge in [0.15, 0.2) is 5.65 Å². The minimum atomic E-state index is 0.624. The van der Waals surface area contributed by atoms with Crippen LogP contribution in [0, 0.1) is 12.8 Å². The Kier molecular flexibility index (Phi) is 2.07. The van der Waals surface area contributed by atoms with Crippen molar-refractivity contribution in [2.75, 3.05) is 24.5 Å². The number of nitrogens with zero attached hydrogens (tertiary/aromatic N) is 4. The third kappa shape index (κ3) is 1.36. The number of hydrogen-bond acceptors (Lipinski definition) is 4. The summed E-state index contributed by atoms with van der Waals surface area (Å²) in [5.74, 6) is 1.75. The average molecular weight is 217 g/mol. The van der Waals surface area contributed by atoms with Gasteiger partial charge in [-0.25, -0.2) is 4.98 Å². The average Bonchev–Trinajstić information content (AvgIpc) is 2.63. The third-order valence-corrected chi connectivity index (χ3v) is 3.12. The van der Waals surface area contributed by atoms with E-state index in [2.05, 4.69) is 28.0 Å². The topological polar surface area (TPSA) is 59.5 Å². The van der Waals surface area contributed by atoms with Gasteiger partial charge in [0, 0.05) is 19.0 Å². The molecule has 0 aliphatic carbocycles. The first-order chi connectivity index (χ1) is 7.78. The molecule has 0 radical (unpaired) electrons. The molecule has 0 unspecified atom stereocenters. The molecule has 16 heavy (non-hydrogen) atoms. The highest BCUT2D eigenvalue weighted by Crippen LogP contribution is 2.25. The van der Waals surface area contributed by atoms with Crippen molar-refractivity contribution in [1.29, 1.82) is 0 Å². The summed E-state index contributed by atoms with van der Waals surface area (Å²) < 4.78 is 1.89. The maximum atomic E-state index is 5.64. The van der Waals surface area contributed by atoms with Gasteiger partial charge < -0.3 is 10.6 Å². The van der Waals surface area contributed by atoms with Gasteiger partial charge in [-0.05, 0) is 31.2 Å². The van der Waals surface area contributed by atoms with E-state index in [9.17, 15) is 0 Å². The number of aryl methyl sites for hydroxylation is 1. The van der Waals surface area contributed by atoms with E-state index in [4.69, 9.17) is 5.73 Å². The van der Waals surface area contributed by atoms with Gasteiger partial charge in [0.1, 0.15) is 12.1 Å². The molecule has 0 atom stereocenters. The molecule has 0 spiro atoms. The Balaban J connectivity index is 2.00. The molecule has 84 valence electrons. The van der Waals surface area contributed by atoms with Gasteiger partial charge in [0.05, 0.1) is 0 Å². The van der Waals surface area contributed by atoms with E-state index in [0.717, 1.165) is 31.1 Å².